The van der Waals surface area contributed by atoms with E-state index in [-0.39, 0.29) is 29.1 Å². The molecule has 0 radical (unpaired) electrons. The standard InChI is InChI=1S/C20H23F2NO5/c1-11(18(25)23-15-7-2-3-8-16(15)28-20(21)22)27-19(26)14-9-12-5-4-6-13(10-14)17(12)24/h2-3,7-8,11-14,20H,4-6,9-10H2,1H3,(H,23,25)/t11-,12-,13+,14?/m1/s1. The number of carbonyl (C=O) groups is 3. The highest BCUT2D eigenvalue weighted by Crippen LogP contribution is 2.40. The lowest BCUT2D eigenvalue weighted by Gasteiger charge is -2.36. The molecule has 2 aliphatic carbocycles. The first-order chi connectivity index (χ1) is 13.3. The first-order valence-corrected chi connectivity index (χ1v) is 9.44. The number of ether oxygens (including phenoxy) is 2. The Morgan fingerprint density at radius 2 is 1.79 bits per heavy atom. The van der Waals surface area contributed by atoms with Crippen molar-refractivity contribution in [3.63, 3.8) is 0 Å². The number of carbonyl (C=O) groups excluding carboxylic acids is 3. The van der Waals surface area contributed by atoms with Crippen molar-refractivity contribution in [1.82, 2.24) is 0 Å². The van der Waals surface area contributed by atoms with Crippen molar-refractivity contribution in [3.05, 3.63) is 24.3 Å². The van der Waals surface area contributed by atoms with Crippen molar-refractivity contribution in [2.75, 3.05) is 5.32 Å². The Bertz CT molecular complexity index is 738. The molecule has 2 aliphatic rings. The minimum Gasteiger partial charge on any atom is -0.452 e. The minimum absolute atomic E-state index is 0.0634. The minimum atomic E-state index is -3.03. The molecule has 1 N–H and O–H groups in total. The van der Waals surface area contributed by atoms with Crippen LogP contribution in [0.3, 0.4) is 0 Å². The third-order valence-corrected chi connectivity index (χ3v) is 5.40. The highest BCUT2D eigenvalue weighted by atomic mass is 19.3. The van der Waals surface area contributed by atoms with Crippen LogP contribution in [0.15, 0.2) is 24.3 Å². The van der Waals surface area contributed by atoms with Crippen molar-refractivity contribution >= 4 is 23.3 Å². The number of fused-ring (bicyclic) bond motifs is 2. The van der Waals surface area contributed by atoms with Crippen LogP contribution in [0, 0.1) is 17.8 Å². The molecule has 152 valence electrons. The maximum absolute atomic E-state index is 12.5. The Morgan fingerprint density at radius 3 is 2.43 bits per heavy atom. The molecule has 2 bridgehead atoms. The lowest BCUT2D eigenvalue weighted by atomic mass is 9.67. The Labute approximate surface area is 161 Å². The van der Waals surface area contributed by atoms with E-state index >= 15 is 0 Å². The number of alkyl halides is 2. The maximum Gasteiger partial charge on any atom is 0.387 e. The summed E-state index contributed by atoms with van der Waals surface area (Å²) in [5, 5.41) is 2.44. The fraction of sp³-hybridized carbons (Fsp3) is 0.550. The lowest BCUT2D eigenvalue weighted by molar-refractivity contribution is -0.161. The van der Waals surface area contributed by atoms with Gasteiger partial charge in [0.15, 0.2) is 6.10 Å². The van der Waals surface area contributed by atoms with Gasteiger partial charge in [0.1, 0.15) is 11.5 Å². The highest BCUT2D eigenvalue weighted by molar-refractivity contribution is 5.96. The van der Waals surface area contributed by atoms with E-state index in [0.717, 1.165) is 19.3 Å². The van der Waals surface area contributed by atoms with Crippen LogP contribution in [0.2, 0.25) is 0 Å². The Balaban J connectivity index is 1.57. The molecule has 0 aliphatic heterocycles. The fourth-order valence-corrected chi connectivity index (χ4v) is 4.00. The molecule has 1 unspecified atom stereocenters. The van der Waals surface area contributed by atoms with E-state index in [4.69, 9.17) is 4.74 Å². The van der Waals surface area contributed by atoms with Crippen LogP contribution in [-0.4, -0.2) is 30.4 Å². The highest BCUT2D eigenvalue weighted by Gasteiger charge is 2.42. The van der Waals surface area contributed by atoms with Gasteiger partial charge in [-0.25, -0.2) is 0 Å². The van der Waals surface area contributed by atoms with E-state index in [2.05, 4.69) is 10.1 Å². The molecule has 1 aromatic carbocycles. The lowest BCUT2D eigenvalue weighted by Crippen LogP contribution is -2.41. The molecule has 1 aromatic rings. The van der Waals surface area contributed by atoms with Gasteiger partial charge in [-0.3, -0.25) is 14.4 Å². The molecule has 0 spiro atoms. The quantitative estimate of drug-likeness (QED) is 0.745. The number of hydrogen-bond acceptors (Lipinski definition) is 5. The summed E-state index contributed by atoms with van der Waals surface area (Å²) >= 11 is 0. The number of halogens is 2. The van der Waals surface area contributed by atoms with Crippen LogP contribution in [0.5, 0.6) is 5.75 Å². The van der Waals surface area contributed by atoms with E-state index < -0.39 is 30.5 Å². The SMILES string of the molecule is C[C@@H](OC(=O)C1C[C@H]2CCC[C@@H](C1)C2=O)C(=O)Nc1ccccc1OC(F)F. The van der Waals surface area contributed by atoms with E-state index in [1.165, 1.54) is 25.1 Å². The number of amides is 1. The van der Waals surface area contributed by atoms with Gasteiger partial charge in [0.05, 0.1) is 11.6 Å². The molecule has 8 heteroatoms. The van der Waals surface area contributed by atoms with Gasteiger partial charge in [0, 0.05) is 11.8 Å². The Hall–Kier alpha value is -2.51. The monoisotopic (exact) mass is 395 g/mol. The number of ketones is 1. The molecular formula is C20H23F2NO5. The largest absolute Gasteiger partial charge is 0.452 e. The van der Waals surface area contributed by atoms with E-state index in [0.29, 0.717) is 12.8 Å². The average molecular weight is 395 g/mol. The molecule has 28 heavy (non-hydrogen) atoms. The first-order valence-electron chi connectivity index (χ1n) is 9.44. The molecule has 6 nitrogen and oxygen atoms in total. The first kappa shape index (κ1) is 20.2. The second-order valence-corrected chi connectivity index (χ2v) is 7.34. The number of hydrogen-bond donors (Lipinski definition) is 1. The smallest absolute Gasteiger partial charge is 0.387 e. The predicted molar refractivity (Wildman–Crippen MR) is 95.8 cm³/mol. The van der Waals surface area contributed by atoms with Gasteiger partial charge in [-0.15, -0.1) is 0 Å². The predicted octanol–water partition coefficient (Wildman–Crippen LogP) is 3.55. The van der Waals surface area contributed by atoms with Crippen LogP contribution in [-0.2, 0) is 19.1 Å². The van der Waals surface area contributed by atoms with Gasteiger partial charge in [0.25, 0.3) is 5.91 Å². The number of anilines is 1. The summed E-state index contributed by atoms with van der Waals surface area (Å²) in [6, 6.07) is 5.77. The molecule has 2 saturated carbocycles. The Kier molecular flexibility index (Phi) is 6.26. The summed E-state index contributed by atoms with van der Waals surface area (Å²) in [4.78, 5) is 36.9. The van der Waals surface area contributed by atoms with Gasteiger partial charge in [-0.2, -0.15) is 8.78 Å². The van der Waals surface area contributed by atoms with Crippen LogP contribution in [0.4, 0.5) is 14.5 Å². The number of benzene rings is 1. The van der Waals surface area contributed by atoms with Gasteiger partial charge in [-0.1, -0.05) is 18.6 Å². The second kappa shape index (κ2) is 8.67. The number of rotatable bonds is 6. The molecular weight excluding hydrogens is 372 g/mol. The van der Waals surface area contributed by atoms with Crippen LogP contribution in [0.25, 0.3) is 0 Å². The number of nitrogens with one attached hydrogen (secondary N) is 1. The van der Waals surface area contributed by atoms with Crippen molar-refractivity contribution < 1.29 is 32.6 Å². The van der Waals surface area contributed by atoms with Crippen molar-refractivity contribution in [3.8, 4) is 5.75 Å². The zero-order chi connectivity index (χ0) is 20.3. The summed E-state index contributed by atoms with van der Waals surface area (Å²) in [5.74, 6) is -1.65. The number of para-hydroxylation sites is 2. The third kappa shape index (κ3) is 4.66. The van der Waals surface area contributed by atoms with Crippen molar-refractivity contribution in [1.29, 1.82) is 0 Å². The molecule has 0 heterocycles. The van der Waals surface area contributed by atoms with Crippen molar-refractivity contribution in [2.24, 2.45) is 17.8 Å². The summed E-state index contributed by atoms with van der Waals surface area (Å²) in [6.45, 7) is -1.61. The van der Waals surface area contributed by atoms with Gasteiger partial charge in [-0.05, 0) is 44.7 Å². The topological polar surface area (TPSA) is 81.7 Å². The van der Waals surface area contributed by atoms with Gasteiger partial charge in [0.2, 0.25) is 0 Å². The molecule has 0 aromatic heterocycles. The normalized spacial score (nSPS) is 25.1. The Morgan fingerprint density at radius 1 is 1.14 bits per heavy atom. The summed E-state index contributed by atoms with van der Waals surface area (Å²) in [5.41, 5.74) is 0.0634. The molecule has 4 atom stereocenters. The van der Waals surface area contributed by atoms with Gasteiger partial charge < -0.3 is 14.8 Å². The van der Waals surface area contributed by atoms with E-state index in [1.807, 2.05) is 0 Å². The third-order valence-electron chi connectivity index (χ3n) is 5.40. The summed E-state index contributed by atoms with van der Waals surface area (Å²) < 4.78 is 34.6. The molecule has 0 saturated heterocycles. The maximum atomic E-state index is 12.5. The van der Waals surface area contributed by atoms with Crippen LogP contribution < -0.4 is 10.1 Å². The zero-order valence-corrected chi connectivity index (χ0v) is 15.5. The summed E-state index contributed by atoms with van der Waals surface area (Å²) in [6.07, 6.45) is 2.43. The zero-order valence-electron chi connectivity index (χ0n) is 15.5. The van der Waals surface area contributed by atoms with E-state index in [1.54, 1.807) is 6.07 Å². The molecule has 3 rings (SSSR count). The second-order valence-electron chi connectivity index (χ2n) is 7.34. The van der Waals surface area contributed by atoms with Crippen LogP contribution >= 0.6 is 0 Å². The fourth-order valence-electron chi connectivity index (χ4n) is 4.00. The number of esters is 1. The number of Topliss-reactive ketones (excluding diaryl/α,β-unsaturated/α-hetero) is 1. The van der Waals surface area contributed by atoms with E-state index in [9.17, 15) is 23.2 Å². The van der Waals surface area contributed by atoms with Crippen LogP contribution in [0.1, 0.15) is 39.0 Å². The average Bonchev–Trinajstić information content (AvgIpc) is 2.62. The van der Waals surface area contributed by atoms with Crippen molar-refractivity contribution in [2.45, 2.75) is 51.7 Å². The molecule has 2 fully saturated rings. The molecule has 1 amide bonds. The summed E-state index contributed by atoms with van der Waals surface area (Å²) in [7, 11) is 0. The van der Waals surface area contributed by atoms with Gasteiger partial charge >= 0.3 is 12.6 Å².